The van der Waals surface area contributed by atoms with Gasteiger partial charge in [-0.3, -0.25) is 4.31 Å². The number of nitrogens with one attached hydrogen (secondary N) is 1. The van der Waals surface area contributed by atoms with E-state index in [0.717, 1.165) is 35.2 Å². The Kier molecular flexibility index (Phi) is 4.18. The van der Waals surface area contributed by atoms with Gasteiger partial charge < -0.3 is 0 Å². The Balaban J connectivity index is 1.79. The van der Waals surface area contributed by atoms with Crippen LogP contribution >= 0.6 is 0 Å². The third kappa shape index (κ3) is 3.15. The summed E-state index contributed by atoms with van der Waals surface area (Å²) in [6, 6.07) is 15.6. The summed E-state index contributed by atoms with van der Waals surface area (Å²) in [4.78, 5) is 0. The molecular formula is C17H20N2O2S. The molecule has 2 aromatic rings. The summed E-state index contributed by atoms with van der Waals surface area (Å²) >= 11 is 0. The predicted molar refractivity (Wildman–Crippen MR) is 89.0 cm³/mol. The molecule has 0 unspecified atom stereocenters. The summed E-state index contributed by atoms with van der Waals surface area (Å²) in [5, 5.41) is 0. The van der Waals surface area contributed by atoms with Crippen LogP contribution in [0.2, 0.25) is 0 Å². The molecule has 116 valence electrons. The van der Waals surface area contributed by atoms with Gasteiger partial charge in [-0.15, -0.1) is 0 Å². The van der Waals surface area contributed by atoms with Crippen LogP contribution in [0.3, 0.4) is 0 Å². The Labute approximate surface area is 132 Å². The van der Waals surface area contributed by atoms with E-state index in [2.05, 4.69) is 4.72 Å². The third-order valence-electron chi connectivity index (χ3n) is 3.90. The fraction of sp³-hybridized carbons (Fsp3) is 0.294. The summed E-state index contributed by atoms with van der Waals surface area (Å²) < 4.78 is 29.4. The average molecular weight is 316 g/mol. The minimum atomic E-state index is -3.52. The van der Waals surface area contributed by atoms with Crippen LogP contribution in [0.15, 0.2) is 48.5 Å². The molecule has 1 N–H and O–H groups in total. The number of benzene rings is 2. The van der Waals surface area contributed by atoms with Crippen LogP contribution in [0.1, 0.15) is 23.1 Å². The third-order valence-corrected chi connectivity index (χ3v) is 5.37. The zero-order chi connectivity index (χ0) is 15.6. The van der Waals surface area contributed by atoms with Gasteiger partial charge in [-0.25, -0.2) is 0 Å². The fourth-order valence-corrected chi connectivity index (χ4v) is 4.13. The van der Waals surface area contributed by atoms with E-state index in [0.29, 0.717) is 13.1 Å². The van der Waals surface area contributed by atoms with E-state index < -0.39 is 10.2 Å². The molecule has 1 aliphatic rings. The van der Waals surface area contributed by atoms with Gasteiger partial charge in [0.1, 0.15) is 0 Å². The fourth-order valence-electron chi connectivity index (χ4n) is 2.82. The van der Waals surface area contributed by atoms with Crippen molar-refractivity contribution in [2.45, 2.75) is 26.3 Å². The molecular weight excluding hydrogens is 296 g/mol. The van der Waals surface area contributed by atoms with Gasteiger partial charge >= 0.3 is 10.2 Å². The molecule has 0 saturated heterocycles. The van der Waals surface area contributed by atoms with Crippen molar-refractivity contribution in [1.82, 2.24) is 4.72 Å². The highest BCUT2D eigenvalue weighted by Gasteiger charge is 2.26. The molecule has 1 heterocycles. The molecule has 1 aliphatic heterocycles. The summed E-state index contributed by atoms with van der Waals surface area (Å²) in [6.07, 6.45) is 1.78. The van der Waals surface area contributed by atoms with Crippen LogP contribution in [-0.2, 0) is 23.2 Å². The van der Waals surface area contributed by atoms with Crippen molar-refractivity contribution in [2.24, 2.45) is 0 Å². The second kappa shape index (κ2) is 6.10. The number of fused-ring (bicyclic) bond motifs is 1. The molecule has 5 heteroatoms. The molecule has 0 radical (unpaired) electrons. The average Bonchev–Trinajstić information content (AvgIpc) is 2.52. The maximum atomic E-state index is 12.6. The number of aryl methyl sites for hydroxylation is 2. The van der Waals surface area contributed by atoms with Crippen LogP contribution in [0.5, 0.6) is 0 Å². The lowest BCUT2D eigenvalue weighted by Crippen LogP contribution is -2.43. The topological polar surface area (TPSA) is 49.4 Å². The van der Waals surface area contributed by atoms with Gasteiger partial charge in [0.05, 0.1) is 5.69 Å². The molecule has 0 spiro atoms. The molecule has 0 aromatic heterocycles. The lowest BCUT2D eigenvalue weighted by Gasteiger charge is -2.30. The molecule has 3 rings (SSSR count). The van der Waals surface area contributed by atoms with E-state index in [9.17, 15) is 8.42 Å². The van der Waals surface area contributed by atoms with Gasteiger partial charge in [0.2, 0.25) is 0 Å². The molecule has 0 amide bonds. The Morgan fingerprint density at radius 3 is 2.77 bits per heavy atom. The SMILES string of the molecule is Cc1cccc(CNS(=O)(=O)N2CCCc3ccccc32)c1. The van der Waals surface area contributed by atoms with Crippen molar-refractivity contribution in [3.63, 3.8) is 0 Å². The first-order valence-corrected chi connectivity index (χ1v) is 8.91. The quantitative estimate of drug-likeness (QED) is 0.943. The van der Waals surface area contributed by atoms with Crippen molar-refractivity contribution in [3.8, 4) is 0 Å². The van der Waals surface area contributed by atoms with Gasteiger partial charge in [-0.1, -0.05) is 48.0 Å². The number of para-hydroxylation sites is 1. The Bertz CT molecular complexity index is 772. The first-order chi connectivity index (χ1) is 10.6. The predicted octanol–water partition coefficient (Wildman–Crippen LogP) is 2.78. The highest BCUT2D eigenvalue weighted by Crippen LogP contribution is 2.28. The lowest BCUT2D eigenvalue weighted by molar-refractivity contribution is 0.571. The summed E-state index contributed by atoms with van der Waals surface area (Å²) in [5.74, 6) is 0. The van der Waals surface area contributed by atoms with Crippen molar-refractivity contribution < 1.29 is 8.42 Å². The number of nitrogens with zero attached hydrogens (tertiary/aromatic N) is 1. The highest BCUT2D eigenvalue weighted by molar-refractivity contribution is 7.90. The second-order valence-electron chi connectivity index (χ2n) is 5.62. The minimum absolute atomic E-state index is 0.308. The van der Waals surface area contributed by atoms with Crippen LogP contribution < -0.4 is 9.03 Å². The number of hydrogen-bond donors (Lipinski definition) is 1. The number of anilines is 1. The van der Waals surface area contributed by atoms with Crippen LogP contribution in [-0.4, -0.2) is 15.0 Å². The summed E-state index contributed by atoms with van der Waals surface area (Å²) in [6.45, 7) is 2.84. The van der Waals surface area contributed by atoms with Crippen molar-refractivity contribution in [2.75, 3.05) is 10.8 Å². The molecule has 4 nitrogen and oxygen atoms in total. The first kappa shape index (κ1) is 15.1. The zero-order valence-electron chi connectivity index (χ0n) is 12.6. The van der Waals surface area contributed by atoms with Crippen LogP contribution in [0, 0.1) is 6.92 Å². The highest BCUT2D eigenvalue weighted by atomic mass is 32.2. The maximum absolute atomic E-state index is 12.6. The van der Waals surface area contributed by atoms with Gasteiger partial charge in [-0.2, -0.15) is 13.1 Å². The van der Waals surface area contributed by atoms with Crippen molar-refractivity contribution >= 4 is 15.9 Å². The Hall–Kier alpha value is -1.85. The number of hydrogen-bond acceptors (Lipinski definition) is 2. The van der Waals surface area contributed by atoms with Gasteiger partial charge in [0.25, 0.3) is 0 Å². The van der Waals surface area contributed by atoms with E-state index in [-0.39, 0.29) is 0 Å². The standard InChI is InChI=1S/C17H20N2O2S/c1-14-6-4-7-15(12-14)13-18-22(20,21)19-11-5-9-16-8-2-3-10-17(16)19/h2-4,6-8,10,12,18H,5,9,11,13H2,1H3. The second-order valence-corrected chi connectivity index (χ2v) is 7.30. The normalized spacial score (nSPS) is 14.7. The Morgan fingerprint density at radius 2 is 1.95 bits per heavy atom. The van der Waals surface area contributed by atoms with E-state index >= 15 is 0 Å². The first-order valence-electron chi connectivity index (χ1n) is 7.47. The van der Waals surface area contributed by atoms with Crippen molar-refractivity contribution in [3.05, 3.63) is 65.2 Å². The van der Waals surface area contributed by atoms with E-state index in [1.807, 2.05) is 55.5 Å². The molecule has 0 saturated carbocycles. The van der Waals surface area contributed by atoms with Gasteiger partial charge in [0.15, 0.2) is 0 Å². The zero-order valence-corrected chi connectivity index (χ0v) is 13.4. The molecule has 22 heavy (non-hydrogen) atoms. The van der Waals surface area contributed by atoms with Gasteiger partial charge in [0, 0.05) is 13.1 Å². The molecule has 0 aliphatic carbocycles. The summed E-state index contributed by atoms with van der Waals surface area (Å²) in [7, 11) is -3.52. The smallest absolute Gasteiger partial charge is 0.258 e. The van der Waals surface area contributed by atoms with E-state index in [4.69, 9.17) is 0 Å². The minimum Gasteiger partial charge on any atom is -0.258 e. The maximum Gasteiger partial charge on any atom is 0.301 e. The largest absolute Gasteiger partial charge is 0.301 e. The number of rotatable bonds is 4. The Morgan fingerprint density at radius 1 is 1.14 bits per heavy atom. The van der Waals surface area contributed by atoms with E-state index in [1.165, 1.54) is 4.31 Å². The summed E-state index contributed by atoms with van der Waals surface area (Å²) in [5.41, 5.74) is 3.98. The monoisotopic (exact) mass is 316 g/mol. The lowest BCUT2D eigenvalue weighted by atomic mass is 10.0. The molecule has 0 bridgehead atoms. The molecule has 0 fully saturated rings. The molecule has 2 aromatic carbocycles. The van der Waals surface area contributed by atoms with E-state index in [1.54, 1.807) is 0 Å². The molecule has 0 atom stereocenters. The van der Waals surface area contributed by atoms with Gasteiger partial charge in [-0.05, 0) is 37.0 Å². The van der Waals surface area contributed by atoms with Crippen LogP contribution in [0.4, 0.5) is 5.69 Å². The van der Waals surface area contributed by atoms with Crippen LogP contribution in [0.25, 0.3) is 0 Å². The van der Waals surface area contributed by atoms with Crippen molar-refractivity contribution in [1.29, 1.82) is 0 Å².